The van der Waals surface area contributed by atoms with Crippen LogP contribution in [0.5, 0.6) is 0 Å². The summed E-state index contributed by atoms with van der Waals surface area (Å²) < 4.78 is 12.5. The van der Waals surface area contributed by atoms with Crippen molar-refractivity contribution in [3.8, 4) is 0 Å². The maximum Gasteiger partial charge on any atom is 0.311 e. The highest BCUT2D eigenvalue weighted by atomic mass is 16.6. The Balaban J connectivity index is 1.26. The SMILES string of the molecule is CC(C)(C)C(=O)O[C@H]1CC[C@]2(C)[C@H]3CC[C@]4(C)C(=O)[C@H]5C[C@H]5[C@H]4[C@@H]3C[C@H]3O[C@]32C1. The smallest absolute Gasteiger partial charge is 0.311 e. The van der Waals surface area contributed by atoms with Crippen LogP contribution in [-0.4, -0.2) is 29.6 Å². The van der Waals surface area contributed by atoms with Gasteiger partial charge in [0.1, 0.15) is 17.5 Å². The minimum Gasteiger partial charge on any atom is -0.462 e. The summed E-state index contributed by atoms with van der Waals surface area (Å²) in [6.45, 7) is 10.5. The maximum absolute atomic E-state index is 13.0. The molecule has 4 nitrogen and oxygen atoms in total. The summed E-state index contributed by atoms with van der Waals surface area (Å²) in [7, 11) is 0. The van der Waals surface area contributed by atoms with Crippen molar-refractivity contribution in [1.82, 2.24) is 0 Å². The monoisotopic (exact) mass is 400 g/mol. The normalized spacial score (nSPS) is 57.0. The van der Waals surface area contributed by atoms with Crippen LogP contribution in [0.25, 0.3) is 0 Å². The number of ketones is 1. The molecule has 1 heterocycles. The van der Waals surface area contributed by atoms with Crippen LogP contribution in [0.1, 0.15) is 79.6 Å². The summed E-state index contributed by atoms with van der Waals surface area (Å²) in [6.07, 6.45) is 7.72. The van der Waals surface area contributed by atoms with E-state index in [0.717, 1.165) is 38.5 Å². The molecule has 1 spiro atoms. The van der Waals surface area contributed by atoms with Crippen LogP contribution in [0.4, 0.5) is 0 Å². The van der Waals surface area contributed by atoms with Crippen LogP contribution >= 0.6 is 0 Å². The summed E-state index contributed by atoms with van der Waals surface area (Å²) in [5.41, 5.74) is -0.430. The lowest BCUT2D eigenvalue weighted by atomic mass is 9.44. The Morgan fingerprint density at radius 1 is 1.10 bits per heavy atom. The Bertz CT molecular complexity index is 797. The zero-order valence-corrected chi connectivity index (χ0v) is 18.6. The van der Waals surface area contributed by atoms with E-state index < -0.39 is 5.41 Å². The van der Waals surface area contributed by atoms with Crippen LogP contribution < -0.4 is 0 Å². The molecule has 1 aliphatic heterocycles. The predicted octanol–water partition coefficient (Wildman–Crippen LogP) is 4.54. The first-order valence-corrected chi connectivity index (χ1v) is 11.9. The number of Topliss-reactive ketones (excluding diaryl/α,β-unsaturated/α-hetero) is 1. The van der Waals surface area contributed by atoms with Crippen molar-refractivity contribution in [3.05, 3.63) is 0 Å². The second-order valence-corrected chi connectivity index (χ2v) is 12.8. The number of carbonyl (C=O) groups excluding carboxylic acids is 2. The van der Waals surface area contributed by atoms with Gasteiger partial charge in [-0.25, -0.2) is 0 Å². The zero-order chi connectivity index (χ0) is 20.6. The summed E-state index contributed by atoms with van der Waals surface area (Å²) in [4.78, 5) is 25.4. The van der Waals surface area contributed by atoms with Gasteiger partial charge in [0.25, 0.3) is 0 Å². The van der Waals surface area contributed by atoms with E-state index in [2.05, 4.69) is 13.8 Å². The van der Waals surface area contributed by atoms with Gasteiger partial charge in [-0.3, -0.25) is 9.59 Å². The summed E-state index contributed by atoms with van der Waals surface area (Å²) in [6, 6.07) is 0. The lowest BCUT2D eigenvalue weighted by Gasteiger charge is -2.58. The number of esters is 1. The van der Waals surface area contributed by atoms with Crippen LogP contribution in [0, 0.1) is 45.8 Å². The van der Waals surface area contributed by atoms with Gasteiger partial charge in [0.2, 0.25) is 0 Å². The van der Waals surface area contributed by atoms with Gasteiger partial charge in [0, 0.05) is 23.2 Å². The lowest BCUT2D eigenvalue weighted by molar-refractivity contribution is -0.168. The number of hydrogen-bond donors (Lipinski definition) is 0. The molecule has 29 heavy (non-hydrogen) atoms. The molecule has 0 unspecified atom stereocenters. The van der Waals surface area contributed by atoms with E-state index in [-0.39, 0.29) is 28.5 Å². The van der Waals surface area contributed by atoms with E-state index in [1.165, 1.54) is 6.42 Å². The van der Waals surface area contributed by atoms with Crippen LogP contribution in [0.3, 0.4) is 0 Å². The van der Waals surface area contributed by atoms with Crippen molar-refractivity contribution in [2.45, 2.75) is 97.4 Å². The Hall–Kier alpha value is -0.900. The van der Waals surface area contributed by atoms with Crippen LogP contribution in [0.15, 0.2) is 0 Å². The minimum atomic E-state index is -0.455. The molecule has 0 radical (unpaired) electrons. The first kappa shape index (κ1) is 18.8. The third kappa shape index (κ3) is 2.20. The molecule has 6 fully saturated rings. The summed E-state index contributed by atoms with van der Waals surface area (Å²) in [5, 5.41) is 0. The quantitative estimate of drug-likeness (QED) is 0.479. The van der Waals surface area contributed by atoms with Gasteiger partial charge in [-0.2, -0.15) is 0 Å². The second-order valence-electron chi connectivity index (χ2n) is 12.8. The van der Waals surface area contributed by atoms with E-state index in [4.69, 9.17) is 9.47 Å². The number of carbonyl (C=O) groups is 2. The largest absolute Gasteiger partial charge is 0.462 e. The van der Waals surface area contributed by atoms with Crippen molar-refractivity contribution in [1.29, 1.82) is 0 Å². The van der Waals surface area contributed by atoms with Crippen molar-refractivity contribution >= 4 is 11.8 Å². The third-order valence-corrected chi connectivity index (χ3v) is 10.4. The highest BCUT2D eigenvalue weighted by Crippen LogP contribution is 2.76. The minimum absolute atomic E-state index is 0.00826. The van der Waals surface area contributed by atoms with Crippen LogP contribution in [0.2, 0.25) is 0 Å². The average molecular weight is 401 g/mol. The fourth-order valence-electron chi connectivity index (χ4n) is 8.74. The molecule has 1 saturated heterocycles. The highest BCUT2D eigenvalue weighted by Gasteiger charge is 2.79. The molecular weight excluding hydrogens is 364 g/mol. The van der Waals surface area contributed by atoms with E-state index in [9.17, 15) is 9.59 Å². The molecule has 10 atom stereocenters. The van der Waals surface area contributed by atoms with E-state index in [1.54, 1.807) is 0 Å². The molecule has 0 aromatic heterocycles. The maximum atomic E-state index is 13.0. The van der Waals surface area contributed by atoms with Crippen molar-refractivity contribution in [3.63, 3.8) is 0 Å². The first-order valence-electron chi connectivity index (χ1n) is 11.9. The summed E-state index contributed by atoms with van der Waals surface area (Å²) >= 11 is 0. The van der Waals surface area contributed by atoms with Crippen LogP contribution in [-0.2, 0) is 19.1 Å². The molecule has 160 valence electrons. The Labute approximate surface area is 174 Å². The predicted molar refractivity (Wildman–Crippen MR) is 108 cm³/mol. The molecule has 5 aliphatic carbocycles. The lowest BCUT2D eigenvalue weighted by Crippen LogP contribution is -2.59. The fraction of sp³-hybridized carbons (Fsp3) is 0.920. The second kappa shape index (κ2) is 5.29. The van der Waals surface area contributed by atoms with Crippen molar-refractivity contribution in [2.75, 3.05) is 0 Å². The van der Waals surface area contributed by atoms with E-state index in [0.29, 0.717) is 41.5 Å². The van der Waals surface area contributed by atoms with Gasteiger partial charge in [-0.1, -0.05) is 13.8 Å². The van der Waals surface area contributed by atoms with Gasteiger partial charge < -0.3 is 9.47 Å². The van der Waals surface area contributed by atoms with Crippen molar-refractivity contribution in [2.24, 2.45) is 45.8 Å². The molecule has 4 heteroatoms. The number of hydrogen-bond acceptors (Lipinski definition) is 4. The van der Waals surface area contributed by atoms with E-state index >= 15 is 0 Å². The van der Waals surface area contributed by atoms with Gasteiger partial charge >= 0.3 is 5.97 Å². The highest BCUT2D eigenvalue weighted by molar-refractivity contribution is 5.92. The standard InChI is InChI=1S/C25H36O4/c1-22(2,3)21(27)28-13-6-9-24(5)17-7-8-23(4)19(14-10-15(14)20(23)26)16(17)11-18-25(24,12-13)29-18/h13-19H,6-12H2,1-5H3/t13-,14+,15-,16+,17-,18+,19-,23-,24+,25+/m0/s1. The number of ether oxygens (including phenoxy) is 2. The molecule has 5 saturated carbocycles. The number of fused-ring (bicyclic) bond motifs is 6. The van der Waals surface area contributed by atoms with Crippen molar-refractivity contribution < 1.29 is 19.1 Å². The Morgan fingerprint density at radius 2 is 1.86 bits per heavy atom. The van der Waals surface area contributed by atoms with Gasteiger partial charge in [-0.15, -0.1) is 0 Å². The molecule has 0 aromatic rings. The van der Waals surface area contributed by atoms with Gasteiger partial charge in [-0.05, 0) is 83.0 Å². The molecule has 6 aliphatic rings. The average Bonchev–Trinajstić information content (AvgIpc) is 3.52. The molecule has 6 rings (SSSR count). The topological polar surface area (TPSA) is 55.9 Å². The summed E-state index contributed by atoms with van der Waals surface area (Å²) in [5.74, 6) is 3.44. The molecular formula is C25H36O4. The Kier molecular flexibility index (Phi) is 3.43. The molecule has 0 amide bonds. The Morgan fingerprint density at radius 3 is 2.59 bits per heavy atom. The van der Waals surface area contributed by atoms with Gasteiger partial charge in [0.05, 0.1) is 11.5 Å². The third-order valence-electron chi connectivity index (χ3n) is 10.4. The first-order chi connectivity index (χ1) is 13.5. The zero-order valence-electron chi connectivity index (χ0n) is 18.6. The number of rotatable bonds is 1. The molecule has 0 aromatic carbocycles. The fourth-order valence-corrected chi connectivity index (χ4v) is 8.74. The number of epoxide rings is 1. The molecule has 0 bridgehead atoms. The van der Waals surface area contributed by atoms with Gasteiger partial charge in [0.15, 0.2) is 0 Å². The van der Waals surface area contributed by atoms with E-state index in [1.807, 2.05) is 20.8 Å². The molecule has 0 N–H and O–H groups in total.